The number of hydrogen-bond acceptors (Lipinski definition) is 1. The molecule has 0 spiro atoms. The van der Waals surface area contributed by atoms with Gasteiger partial charge in [0.1, 0.15) is 0 Å². The first kappa shape index (κ1) is 14.6. The summed E-state index contributed by atoms with van der Waals surface area (Å²) in [5.74, 6) is 3.05. The van der Waals surface area contributed by atoms with Crippen molar-refractivity contribution in [2.24, 2.45) is 17.8 Å². The number of hydrogen-bond donors (Lipinski definition) is 0. The summed E-state index contributed by atoms with van der Waals surface area (Å²) >= 11 is 0. The van der Waals surface area contributed by atoms with Crippen LogP contribution in [0, 0.1) is 17.8 Å². The maximum absolute atomic E-state index is 2.43. The fourth-order valence-corrected chi connectivity index (χ4v) is 6.30. The Labute approximate surface area is 145 Å². The van der Waals surface area contributed by atoms with Crippen molar-refractivity contribution in [3.63, 3.8) is 0 Å². The number of nitrogens with zero attached hydrogens (tertiary/aromatic N) is 1. The summed E-state index contributed by atoms with van der Waals surface area (Å²) in [4.78, 5) is 2.28. The Hall–Kier alpha value is -1.76. The van der Waals surface area contributed by atoms with Crippen LogP contribution in [0.25, 0.3) is 0 Å². The largest absolute Gasteiger partial charge is 0.345 e. The van der Waals surface area contributed by atoms with Gasteiger partial charge in [0.2, 0.25) is 0 Å². The van der Waals surface area contributed by atoms with Crippen LogP contribution in [0.4, 0.5) is 11.4 Å². The minimum atomic E-state index is 0.512. The molecule has 4 aliphatic rings. The van der Waals surface area contributed by atoms with E-state index in [1.165, 1.54) is 49.9 Å². The second kappa shape index (κ2) is 5.37. The molecular weight excluding hydrogens is 290 g/mol. The molecule has 124 valence electrons. The summed E-state index contributed by atoms with van der Waals surface area (Å²) < 4.78 is 0. The van der Waals surface area contributed by atoms with Gasteiger partial charge in [-0.25, -0.2) is 0 Å². The van der Waals surface area contributed by atoms with Crippen LogP contribution >= 0.6 is 0 Å². The van der Waals surface area contributed by atoms with Crippen LogP contribution in [0.15, 0.2) is 54.6 Å². The van der Waals surface area contributed by atoms with E-state index in [0.29, 0.717) is 5.41 Å². The number of benzene rings is 2. The van der Waals surface area contributed by atoms with Crippen molar-refractivity contribution in [3.05, 3.63) is 60.2 Å². The minimum absolute atomic E-state index is 0.512. The van der Waals surface area contributed by atoms with Crippen LogP contribution in [0.5, 0.6) is 0 Å². The van der Waals surface area contributed by atoms with Crippen molar-refractivity contribution in [1.29, 1.82) is 0 Å². The molecule has 0 unspecified atom stereocenters. The summed E-state index contributed by atoms with van der Waals surface area (Å²) in [6.45, 7) is 0. The van der Waals surface area contributed by atoms with E-state index in [4.69, 9.17) is 0 Å². The quantitative estimate of drug-likeness (QED) is 0.679. The Bertz CT molecular complexity index is 680. The van der Waals surface area contributed by atoms with Crippen molar-refractivity contribution in [1.82, 2.24) is 0 Å². The molecule has 1 heteroatoms. The number of rotatable bonds is 3. The standard InChI is InChI=1S/C23H27N/c1-24(21-5-3-2-4-6-21)22-9-7-20(8-10-22)23-14-17-11-18(15-23)13-19(12-17)16-23/h2-10,17-19H,11-16H2,1H3. The van der Waals surface area contributed by atoms with Gasteiger partial charge in [-0.05, 0) is 91.5 Å². The Kier molecular flexibility index (Phi) is 3.26. The molecule has 4 aliphatic carbocycles. The summed E-state index contributed by atoms with van der Waals surface area (Å²) in [5, 5.41) is 0. The lowest BCUT2D eigenvalue weighted by molar-refractivity contribution is -0.00518. The second-order valence-electron chi connectivity index (χ2n) is 8.64. The molecule has 4 fully saturated rings. The Morgan fingerprint density at radius 2 is 1.21 bits per heavy atom. The molecule has 0 N–H and O–H groups in total. The van der Waals surface area contributed by atoms with E-state index in [-0.39, 0.29) is 0 Å². The molecule has 0 heterocycles. The van der Waals surface area contributed by atoms with Gasteiger partial charge in [0, 0.05) is 18.4 Å². The van der Waals surface area contributed by atoms with Gasteiger partial charge in [-0.3, -0.25) is 0 Å². The molecule has 0 aromatic heterocycles. The normalized spacial score (nSPS) is 33.6. The highest BCUT2D eigenvalue weighted by Crippen LogP contribution is 2.60. The van der Waals surface area contributed by atoms with Crippen LogP contribution in [0.1, 0.15) is 44.1 Å². The van der Waals surface area contributed by atoms with Gasteiger partial charge in [0.05, 0.1) is 0 Å². The number of para-hydroxylation sites is 1. The highest BCUT2D eigenvalue weighted by atomic mass is 15.1. The Balaban J connectivity index is 1.43. The average molecular weight is 317 g/mol. The van der Waals surface area contributed by atoms with Gasteiger partial charge < -0.3 is 4.90 Å². The number of anilines is 2. The zero-order valence-corrected chi connectivity index (χ0v) is 14.6. The van der Waals surface area contributed by atoms with Crippen LogP contribution in [0.3, 0.4) is 0 Å². The van der Waals surface area contributed by atoms with Crippen LogP contribution in [-0.4, -0.2) is 7.05 Å². The third kappa shape index (κ3) is 2.29. The molecule has 24 heavy (non-hydrogen) atoms. The molecule has 0 radical (unpaired) electrons. The van der Waals surface area contributed by atoms with E-state index in [9.17, 15) is 0 Å². The van der Waals surface area contributed by atoms with Crippen molar-refractivity contribution in [3.8, 4) is 0 Å². The second-order valence-corrected chi connectivity index (χ2v) is 8.64. The third-order valence-electron chi connectivity index (χ3n) is 7.05. The minimum Gasteiger partial charge on any atom is -0.345 e. The Morgan fingerprint density at radius 1 is 0.708 bits per heavy atom. The van der Waals surface area contributed by atoms with Gasteiger partial charge in [-0.2, -0.15) is 0 Å². The molecule has 0 aliphatic heterocycles. The van der Waals surface area contributed by atoms with Crippen molar-refractivity contribution < 1.29 is 0 Å². The molecule has 0 amide bonds. The monoisotopic (exact) mass is 317 g/mol. The van der Waals surface area contributed by atoms with E-state index in [1.54, 1.807) is 5.56 Å². The van der Waals surface area contributed by atoms with E-state index in [0.717, 1.165) is 17.8 Å². The molecule has 0 atom stereocenters. The first-order valence-electron chi connectivity index (χ1n) is 9.61. The summed E-state index contributed by atoms with van der Waals surface area (Å²) in [7, 11) is 2.16. The van der Waals surface area contributed by atoms with Gasteiger partial charge >= 0.3 is 0 Å². The van der Waals surface area contributed by atoms with E-state index in [2.05, 4.69) is 66.5 Å². The van der Waals surface area contributed by atoms with Crippen LogP contribution in [-0.2, 0) is 5.41 Å². The Morgan fingerprint density at radius 3 is 1.75 bits per heavy atom. The molecular formula is C23H27N. The zero-order valence-electron chi connectivity index (χ0n) is 14.6. The molecule has 0 saturated heterocycles. The van der Waals surface area contributed by atoms with Crippen molar-refractivity contribution in [2.75, 3.05) is 11.9 Å². The van der Waals surface area contributed by atoms with Crippen molar-refractivity contribution in [2.45, 2.75) is 43.9 Å². The highest BCUT2D eigenvalue weighted by molar-refractivity contribution is 5.62. The lowest BCUT2D eigenvalue weighted by atomic mass is 9.48. The van der Waals surface area contributed by atoms with Crippen molar-refractivity contribution >= 4 is 11.4 Å². The van der Waals surface area contributed by atoms with E-state index < -0.39 is 0 Å². The maximum Gasteiger partial charge on any atom is 0.0408 e. The molecule has 6 rings (SSSR count). The van der Waals surface area contributed by atoms with Crippen LogP contribution < -0.4 is 4.90 Å². The molecule has 4 saturated carbocycles. The predicted molar refractivity (Wildman–Crippen MR) is 101 cm³/mol. The average Bonchev–Trinajstić information content (AvgIpc) is 2.61. The summed E-state index contributed by atoms with van der Waals surface area (Å²) in [5.41, 5.74) is 4.67. The van der Waals surface area contributed by atoms with E-state index in [1.807, 2.05) is 0 Å². The van der Waals surface area contributed by atoms with Gasteiger partial charge in [-0.1, -0.05) is 30.3 Å². The lowest BCUT2D eigenvalue weighted by Gasteiger charge is -2.57. The van der Waals surface area contributed by atoms with E-state index >= 15 is 0 Å². The molecule has 1 nitrogen and oxygen atoms in total. The molecule has 2 aromatic carbocycles. The lowest BCUT2D eigenvalue weighted by Crippen LogP contribution is -2.48. The van der Waals surface area contributed by atoms with Gasteiger partial charge in [0.15, 0.2) is 0 Å². The fourth-order valence-electron chi connectivity index (χ4n) is 6.30. The van der Waals surface area contributed by atoms with Gasteiger partial charge in [0.25, 0.3) is 0 Å². The SMILES string of the molecule is CN(c1ccccc1)c1ccc(C23CC4CC(CC(C4)C2)C3)cc1. The predicted octanol–water partition coefficient (Wildman–Crippen LogP) is 5.92. The molecule has 2 aromatic rings. The highest BCUT2D eigenvalue weighted by Gasteiger charge is 2.51. The summed E-state index contributed by atoms with van der Waals surface area (Å²) in [6.07, 6.45) is 8.92. The fraction of sp³-hybridized carbons (Fsp3) is 0.478. The first-order valence-corrected chi connectivity index (χ1v) is 9.61. The smallest absolute Gasteiger partial charge is 0.0408 e. The topological polar surface area (TPSA) is 3.24 Å². The third-order valence-corrected chi connectivity index (χ3v) is 7.05. The van der Waals surface area contributed by atoms with Gasteiger partial charge in [-0.15, -0.1) is 0 Å². The molecule has 4 bridgehead atoms. The zero-order chi connectivity index (χ0) is 16.1. The maximum atomic E-state index is 2.43. The van der Waals surface area contributed by atoms with Crippen LogP contribution in [0.2, 0.25) is 0 Å². The first-order chi connectivity index (χ1) is 11.7. The summed E-state index contributed by atoms with van der Waals surface area (Å²) in [6, 6.07) is 20.2.